The van der Waals surface area contributed by atoms with Crippen LogP contribution in [-0.2, 0) is 40.1 Å². The fourth-order valence-electron chi connectivity index (χ4n) is 3.61. The van der Waals surface area contributed by atoms with E-state index in [1.54, 1.807) is 45.0 Å². The lowest BCUT2D eigenvalue weighted by molar-refractivity contribution is -0.154. The van der Waals surface area contributed by atoms with Gasteiger partial charge in [-0.3, -0.25) is 33.7 Å². The van der Waals surface area contributed by atoms with E-state index in [-0.39, 0.29) is 38.5 Å². The van der Waals surface area contributed by atoms with Crippen molar-refractivity contribution in [1.82, 2.24) is 20.9 Å². The number of amides is 7. The molecule has 0 aromatic heterocycles. The molecule has 14 nitrogen and oxygen atoms in total. The summed E-state index contributed by atoms with van der Waals surface area (Å²) in [5, 5.41) is 10.2. The summed E-state index contributed by atoms with van der Waals surface area (Å²) < 4.78 is 5.29. The first-order chi connectivity index (χ1) is 19.7. The maximum Gasteiger partial charge on any atom is 0.312 e. The summed E-state index contributed by atoms with van der Waals surface area (Å²) in [6.07, 6.45) is 2.47. The number of urea groups is 1. The number of nitrogens with one attached hydrogen (secondary N) is 4. The maximum atomic E-state index is 13.1. The first-order valence-electron chi connectivity index (χ1n) is 13.4. The van der Waals surface area contributed by atoms with Crippen LogP contribution < -0.4 is 27.0 Å². The van der Waals surface area contributed by atoms with Gasteiger partial charge in [0, 0.05) is 37.3 Å². The van der Waals surface area contributed by atoms with Crippen molar-refractivity contribution in [3.63, 3.8) is 0 Å². The second kappa shape index (κ2) is 15.3. The third-order valence-corrected chi connectivity index (χ3v) is 6.04. The normalized spacial score (nSPS) is 14.1. The molecule has 228 valence electrons. The van der Waals surface area contributed by atoms with E-state index in [1.165, 1.54) is 6.92 Å². The Hall–Kier alpha value is -4.75. The van der Waals surface area contributed by atoms with E-state index in [2.05, 4.69) is 21.3 Å². The number of anilines is 1. The van der Waals surface area contributed by atoms with Gasteiger partial charge in [-0.2, -0.15) is 0 Å². The van der Waals surface area contributed by atoms with Crippen LogP contribution >= 0.6 is 0 Å². The molecule has 1 unspecified atom stereocenters. The minimum Gasteiger partial charge on any atom is -0.460 e. The quantitative estimate of drug-likeness (QED) is 0.117. The molecule has 1 aromatic rings. The molecular formula is C28H38N6O8. The van der Waals surface area contributed by atoms with E-state index >= 15 is 0 Å². The van der Waals surface area contributed by atoms with Gasteiger partial charge in [-0.15, -0.1) is 0 Å². The largest absolute Gasteiger partial charge is 0.460 e. The highest BCUT2D eigenvalue weighted by atomic mass is 16.5. The van der Waals surface area contributed by atoms with E-state index in [0.717, 1.165) is 17.1 Å². The number of nitrogens with zero attached hydrogens (tertiary/aromatic N) is 1. The Balaban J connectivity index is 1.95. The molecule has 14 heteroatoms. The highest BCUT2D eigenvalue weighted by Gasteiger charge is 2.27. The zero-order chi connectivity index (χ0) is 31.4. The molecule has 0 saturated heterocycles. The molecule has 1 aliphatic heterocycles. The van der Waals surface area contributed by atoms with Crippen molar-refractivity contribution in [3.8, 4) is 0 Å². The molecule has 0 radical (unpaired) electrons. The van der Waals surface area contributed by atoms with Crippen LogP contribution in [0.25, 0.3) is 0 Å². The minimum atomic E-state index is -1.03. The Morgan fingerprint density at radius 2 is 1.57 bits per heavy atom. The van der Waals surface area contributed by atoms with Gasteiger partial charge in [0.25, 0.3) is 11.8 Å². The lowest BCUT2D eigenvalue weighted by atomic mass is 9.97. The molecule has 0 saturated carbocycles. The van der Waals surface area contributed by atoms with Crippen molar-refractivity contribution in [2.24, 2.45) is 11.1 Å². The van der Waals surface area contributed by atoms with Crippen LogP contribution in [0.15, 0.2) is 36.4 Å². The molecule has 42 heavy (non-hydrogen) atoms. The van der Waals surface area contributed by atoms with Crippen molar-refractivity contribution in [2.75, 3.05) is 18.4 Å². The van der Waals surface area contributed by atoms with Gasteiger partial charge in [0.15, 0.2) is 0 Å². The molecule has 0 spiro atoms. The number of rotatable bonds is 14. The molecule has 1 heterocycles. The molecule has 6 N–H and O–H groups in total. The average Bonchev–Trinajstić information content (AvgIpc) is 3.24. The Morgan fingerprint density at radius 3 is 2.14 bits per heavy atom. The minimum absolute atomic E-state index is 0.0705. The van der Waals surface area contributed by atoms with Gasteiger partial charge in [-0.25, -0.2) is 4.79 Å². The number of nitrogens with two attached hydrogens (primary N) is 1. The maximum absolute atomic E-state index is 13.1. The zero-order valence-electron chi connectivity index (χ0n) is 24.2. The lowest BCUT2D eigenvalue weighted by Gasteiger charge is -2.22. The van der Waals surface area contributed by atoms with Crippen LogP contribution in [0.5, 0.6) is 0 Å². The second-order valence-electron chi connectivity index (χ2n) is 10.7. The number of carbonyl (C=O) groups excluding carboxylic acids is 7. The van der Waals surface area contributed by atoms with E-state index < -0.39 is 53.1 Å². The van der Waals surface area contributed by atoms with Crippen molar-refractivity contribution in [1.29, 1.82) is 0 Å². The summed E-state index contributed by atoms with van der Waals surface area (Å²) in [4.78, 5) is 85.3. The second-order valence-corrected chi connectivity index (χ2v) is 10.7. The first kappa shape index (κ1) is 33.5. The molecule has 7 amide bonds. The fraction of sp³-hybridized carbons (Fsp3) is 0.464. The Morgan fingerprint density at radius 1 is 0.952 bits per heavy atom. The van der Waals surface area contributed by atoms with Gasteiger partial charge in [-0.1, -0.05) is 12.1 Å². The van der Waals surface area contributed by atoms with Crippen molar-refractivity contribution < 1.29 is 38.3 Å². The number of ether oxygens (including phenoxy) is 1. The highest BCUT2D eigenvalue weighted by molar-refractivity contribution is 6.13. The summed E-state index contributed by atoms with van der Waals surface area (Å²) in [6.45, 7) is 6.79. The molecule has 2 atom stereocenters. The third kappa shape index (κ3) is 11.0. The number of hydrogen-bond donors (Lipinski definition) is 5. The van der Waals surface area contributed by atoms with E-state index in [9.17, 15) is 33.6 Å². The number of esters is 1. The van der Waals surface area contributed by atoms with Crippen LogP contribution in [0, 0.1) is 5.41 Å². The molecular weight excluding hydrogens is 548 g/mol. The van der Waals surface area contributed by atoms with Crippen LogP contribution in [-0.4, -0.2) is 71.6 Å². The van der Waals surface area contributed by atoms with Crippen LogP contribution in [0.3, 0.4) is 0 Å². The van der Waals surface area contributed by atoms with Crippen molar-refractivity contribution in [3.05, 3.63) is 42.0 Å². The van der Waals surface area contributed by atoms with E-state index in [4.69, 9.17) is 10.5 Å². The predicted molar refractivity (Wildman–Crippen MR) is 151 cm³/mol. The molecule has 0 bridgehead atoms. The number of hydrogen-bond acceptors (Lipinski definition) is 8. The predicted octanol–water partition coefficient (Wildman–Crippen LogP) is 0.468. The van der Waals surface area contributed by atoms with E-state index in [1.807, 2.05) is 0 Å². The van der Waals surface area contributed by atoms with Crippen LogP contribution in [0.2, 0.25) is 0 Å². The lowest BCUT2D eigenvalue weighted by Crippen LogP contribution is -2.52. The Labute approximate surface area is 243 Å². The van der Waals surface area contributed by atoms with Crippen LogP contribution in [0.4, 0.5) is 10.5 Å². The number of carbonyl (C=O) groups is 7. The van der Waals surface area contributed by atoms with Gasteiger partial charge in [-0.05, 0) is 58.2 Å². The smallest absolute Gasteiger partial charge is 0.312 e. The molecule has 0 fully saturated rings. The fourth-order valence-corrected chi connectivity index (χ4v) is 3.61. The summed E-state index contributed by atoms with van der Waals surface area (Å²) in [7, 11) is 0. The Bertz CT molecular complexity index is 1200. The van der Waals surface area contributed by atoms with Gasteiger partial charge in [0.1, 0.15) is 18.7 Å². The summed E-state index contributed by atoms with van der Waals surface area (Å²) in [5.74, 6) is -3.12. The zero-order valence-corrected chi connectivity index (χ0v) is 24.2. The molecule has 0 aliphatic carbocycles. The number of primary amides is 1. The number of imide groups is 1. The topological polar surface area (TPSA) is 206 Å². The Kier molecular flexibility index (Phi) is 12.2. The average molecular weight is 587 g/mol. The van der Waals surface area contributed by atoms with Crippen molar-refractivity contribution in [2.45, 2.75) is 65.6 Å². The van der Waals surface area contributed by atoms with Gasteiger partial charge < -0.3 is 31.7 Å². The summed E-state index contributed by atoms with van der Waals surface area (Å²) in [6, 6.07) is 3.84. The standard InChI is InChI=1S/C28H38N6O8/c1-17(31-21(35)13-15-34-22(36)11-12-23(34)37)24(38)33-20(6-5-14-30-27(29)41)25(39)32-19-9-7-18(8-10-19)16-42-26(40)28(2,3)4/h7-12,17,20H,5-6,13-16H2,1-4H3,(H,31,35)(H,32,39)(H,33,38)(H3,29,30,41)/t17?,20-/m0/s1. The molecule has 1 aliphatic rings. The summed E-state index contributed by atoms with van der Waals surface area (Å²) >= 11 is 0. The third-order valence-electron chi connectivity index (χ3n) is 6.04. The highest BCUT2D eigenvalue weighted by Crippen LogP contribution is 2.17. The molecule has 1 aromatic carbocycles. The SMILES string of the molecule is CC(NC(=O)CCN1C(=O)C=CC1=O)C(=O)N[C@@H](CCCNC(N)=O)C(=O)Nc1ccc(COC(=O)C(C)(C)C)cc1. The van der Waals surface area contributed by atoms with Crippen molar-refractivity contribution >= 4 is 47.2 Å². The van der Waals surface area contributed by atoms with E-state index in [0.29, 0.717) is 17.7 Å². The van der Waals surface area contributed by atoms with Crippen LogP contribution in [0.1, 0.15) is 52.5 Å². The first-order valence-corrected chi connectivity index (χ1v) is 13.4. The number of benzene rings is 1. The summed E-state index contributed by atoms with van der Waals surface area (Å²) in [5.41, 5.74) is 5.59. The van der Waals surface area contributed by atoms with Gasteiger partial charge in [0.05, 0.1) is 5.41 Å². The monoisotopic (exact) mass is 586 g/mol. The van der Waals surface area contributed by atoms with Gasteiger partial charge >= 0.3 is 12.0 Å². The van der Waals surface area contributed by atoms with Gasteiger partial charge in [0.2, 0.25) is 17.7 Å². The molecule has 2 rings (SSSR count).